The summed E-state index contributed by atoms with van der Waals surface area (Å²) in [6.45, 7) is 0. The average molecular weight is 731 g/mol. The molecule has 0 aliphatic heterocycles. The third-order valence-electron chi connectivity index (χ3n) is 10.5. The van der Waals surface area contributed by atoms with Crippen LogP contribution in [0.25, 0.3) is 12.2 Å². The van der Waals surface area contributed by atoms with Gasteiger partial charge in [0.05, 0.1) is 12.3 Å². The Kier molecular flexibility index (Phi) is 10.9. The van der Waals surface area contributed by atoms with Crippen molar-refractivity contribution in [2.24, 2.45) is 0 Å². The molecule has 0 saturated heterocycles. The van der Waals surface area contributed by atoms with Gasteiger partial charge in [0.15, 0.2) is 0 Å². The summed E-state index contributed by atoms with van der Waals surface area (Å²) in [6.07, 6.45) is 6.57. The van der Waals surface area contributed by atoms with Crippen molar-refractivity contribution in [3.8, 4) is 0 Å². The molecule has 0 nitrogen and oxygen atoms in total. The first-order valence-corrected chi connectivity index (χ1v) is 22.7. The standard InChI is InChI=1S/C52H44P2/c1-7-27-47(28-8-1)53(48-29-9-2-10-30-48,49-31-11-3-12-32-49)41-45-25-21-19-23-43(45)39-40-44-24-20-22-26-46(44)42-54(50-33-13-4-14-34-50,51-35-15-5-16-36-51)52-37-17-6-18-38-52/h1-40H,41-42H2/q+2/b40-39+. The summed E-state index contributed by atoms with van der Waals surface area (Å²) < 4.78 is 0. The minimum atomic E-state index is -2.07. The lowest BCUT2D eigenvalue weighted by molar-refractivity contribution is 1.36. The molecule has 0 aliphatic rings. The average Bonchev–Trinajstić information content (AvgIpc) is 3.26. The molecule has 2 heteroatoms. The quantitative estimate of drug-likeness (QED) is 0.0867. The van der Waals surface area contributed by atoms with Crippen LogP contribution in [0.2, 0.25) is 0 Å². The van der Waals surface area contributed by atoms with E-state index in [4.69, 9.17) is 0 Å². The van der Waals surface area contributed by atoms with Crippen LogP contribution in [-0.2, 0) is 12.3 Å². The summed E-state index contributed by atoms with van der Waals surface area (Å²) in [7, 11) is -4.13. The highest BCUT2D eigenvalue weighted by atomic mass is 31.2. The van der Waals surface area contributed by atoms with Crippen LogP contribution >= 0.6 is 14.5 Å². The number of rotatable bonds is 12. The third-order valence-corrected chi connectivity index (χ3v) is 19.3. The van der Waals surface area contributed by atoms with E-state index in [9.17, 15) is 0 Å². The summed E-state index contributed by atoms with van der Waals surface area (Å²) in [5.41, 5.74) is 5.23. The number of hydrogen-bond donors (Lipinski definition) is 0. The van der Waals surface area contributed by atoms with E-state index in [1.54, 1.807) is 0 Å². The van der Waals surface area contributed by atoms with Gasteiger partial charge in [-0.15, -0.1) is 0 Å². The van der Waals surface area contributed by atoms with Gasteiger partial charge in [-0.25, -0.2) is 0 Å². The highest BCUT2D eigenvalue weighted by Crippen LogP contribution is 2.59. The Balaban J connectivity index is 1.23. The minimum Gasteiger partial charge on any atom is -0.0620 e. The first kappa shape index (κ1) is 35.4. The molecule has 8 rings (SSSR count). The normalized spacial score (nSPS) is 11.8. The van der Waals surface area contributed by atoms with Gasteiger partial charge in [-0.3, -0.25) is 0 Å². The summed E-state index contributed by atoms with van der Waals surface area (Å²) in [5, 5.41) is 8.39. The lowest BCUT2D eigenvalue weighted by Gasteiger charge is -2.28. The van der Waals surface area contributed by atoms with Crippen molar-refractivity contribution in [3.05, 3.63) is 253 Å². The van der Waals surface area contributed by atoms with Crippen molar-refractivity contribution in [3.63, 3.8) is 0 Å². The smallest absolute Gasteiger partial charge is 0.0620 e. The molecule has 0 unspecified atom stereocenters. The van der Waals surface area contributed by atoms with E-state index in [2.05, 4.69) is 243 Å². The second-order valence-corrected chi connectivity index (χ2v) is 20.6. The van der Waals surface area contributed by atoms with Crippen LogP contribution < -0.4 is 31.8 Å². The maximum atomic E-state index is 2.36. The van der Waals surface area contributed by atoms with Crippen molar-refractivity contribution >= 4 is 58.5 Å². The van der Waals surface area contributed by atoms with E-state index >= 15 is 0 Å². The van der Waals surface area contributed by atoms with Crippen LogP contribution in [0.4, 0.5) is 0 Å². The number of hydrogen-bond acceptors (Lipinski definition) is 0. The van der Waals surface area contributed by atoms with Crippen LogP contribution in [0.1, 0.15) is 22.3 Å². The largest absolute Gasteiger partial charge is 0.116 e. The maximum Gasteiger partial charge on any atom is 0.116 e. The molecule has 0 aromatic heterocycles. The minimum absolute atomic E-state index is 0.928. The van der Waals surface area contributed by atoms with E-state index in [-0.39, 0.29) is 0 Å². The Bertz CT molecular complexity index is 2040. The Morgan fingerprint density at radius 3 is 0.685 bits per heavy atom. The fraction of sp³-hybridized carbons (Fsp3) is 0.0385. The molecule has 0 aliphatic carbocycles. The molecule has 0 fully saturated rings. The summed E-state index contributed by atoms with van der Waals surface area (Å²) >= 11 is 0. The predicted octanol–water partition coefficient (Wildman–Crippen LogP) is 10.8. The molecular formula is C52H44P2+2. The Labute approximate surface area is 322 Å². The zero-order chi connectivity index (χ0) is 36.5. The van der Waals surface area contributed by atoms with Gasteiger partial charge in [-0.1, -0.05) is 170 Å². The van der Waals surface area contributed by atoms with Gasteiger partial charge in [0.2, 0.25) is 0 Å². The molecule has 0 heterocycles. The van der Waals surface area contributed by atoms with Crippen molar-refractivity contribution in [1.82, 2.24) is 0 Å². The molecule has 0 atom stereocenters. The third kappa shape index (κ3) is 7.17. The molecule has 8 aromatic carbocycles. The van der Waals surface area contributed by atoms with E-state index < -0.39 is 14.5 Å². The van der Waals surface area contributed by atoms with Crippen LogP contribution in [0.3, 0.4) is 0 Å². The highest BCUT2D eigenvalue weighted by molar-refractivity contribution is 7.95. The Hall–Kier alpha value is -5.64. The predicted molar refractivity (Wildman–Crippen MR) is 240 cm³/mol. The van der Waals surface area contributed by atoms with Crippen molar-refractivity contribution in [2.75, 3.05) is 0 Å². The zero-order valence-corrected chi connectivity index (χ0v) is 32.2. The van der Waals surface area contributed by atoms with Gasteiger partial charge < -0.3 is 0 Å². The van der Waals surface area contributed by atoms with Crippen LogP contribution in [0.15, 0.2) is 231 Å². The summed E-state index contributed by atoms with van der Waals surface area (Å²) in [6, 6.07) is 85.2. The molecule has 0 radical (unpaired) electrons. The molecule has 260 valence electrons. The Morgan fingerprint density at radius 2 is 0.444 bits per heavy atom. The summed E-state index contributed by atoms with van der Waals surface area (Å²) in [4.78, 5) is 0. The van der Waals surface area contributed by atoms with E-state index in [1.807, 2.05) is 0 Å². The van der Waals surface area contributed by atoms with Crippen LogP contribution in [0.5, 0.6) is 0 Å². The van der Waals surface area contributed by atoms with Gasteiger partial charge in [0.25, 0.3) is 0 Å². The zero-order valence-electron chi connectivity index (χ0n) is 30.4. The van der Waals surface area contributed by atoms with Gasteiger partial charge in [-0.05, 0) is 95.1 Å². The summed E-state index contributed by atoms with van der Waals surface area (Å²) in [5.74, 6) is 0. The molecule has 0 spiro atoms. The second kappa shape index (κ2) is 16.6. The van der Waals surface area contributed by atoms with Crippen molar-refractivity contribution in [2.45, 2.75) is 12.3 Å². The van der Waals surface area contributed by atoms with Crippen molar-refractivity contribution < 1.29 is 0 Å². The Morgan fingerprint density at radius 1 is 0.241 bits per heavy atom. The molecule has 0 amide bonds. The van der Waals surface area contributed by atoms with Gasteiger partial charge in [0, 0.05) is 0 Å². The fourth-order valence-corrected chi connectivity index (χ4v) is 16.5. The van der Waals surface area contributed by atoms with Crippen LogP contribution in [0, 0.1) is 0 Å². The number of benzene rings is 8. The van der Waals surface area contributed by atoms with Gasteiger partial charge in [-0.2, -0.15) is 0 Å². The monoisotopic (exact) mass is 730 g/mol. The second-order valence-electron chi connectivity index (χ2n) is 13.7. The molecular weight excluding hydrogens is 687 g/mol. The van der Waals surface area contributed by atoms with E-state index in [0.29, 0.717) is 0 Å². The highest BCUT2D eigenvalue weighted by Gasteiger charge is 2.47. The molecule has 0 saturated carbocycles. The molecule has 0 N–H and O–H groups in total. The first-order valence-electron chi connectivity index (χ1n) is 18.7. The SMILES string of the molecule is C(=C\c1ccccc1C[P+](c1ccccc1)(c1ccccc1)c1ccccc1)/c1ccccc1C[P+](c1ccccc1)(c1ccccc1)c1ccccc1. The fourth-order valence-electron chi connectivity index (χ4n) is 7.91. The molecule has 8 aromatic rings. The van der Waals surface area contributed by atoms with Gasteiger partial charge >= 0.3 is 0 Å². The first-order chi connectivity index (χ1) is 26.8. The van der Waals surface area contributed by atoms with E-state index in [0.717, 1.165) is 12.3 Å². The molecule has 54 heavy (non-hydrogen) atoms. The van der Waals surface area contributed by atoms with Crippen molar-refractivity contribution in [1.29, 1.82) is 0 Å². The topological polar surface area (TPSA) is 0 Å². The van der Waals surface area contributed by atoms with E-state index in [1.165, 1.54) is 54.1 Å². The van der Waals surface area contributed by atoms with Crippen LogP contribution in [-0.4, -0.2) is 0 Å². The lowest BCUT2D eigenvalue weighted by atomic mass is 10.0. The lowest BCUT2D eigenvalue weighted by Crippen LogP contribution is -2.32. The van der Waals surface area contributed by atoms with Gasteiger partial charge in [0.1, 0.15) is 46.4 Å². The maximum absolute atomic E-state index is 2.36. The molecule has 0 bridgehead atoms.